The molecule has 0 aliphatic rings. The fraction of sp³-hybridized carbons (Fsp3) is 0.400. The van der Waals surface area contributed by atoms with E-state index in [-0.39, 0.29) is 0 Å². The Morgan fingerprint density at radius 2 is 2.25 bits per heavy atom. The molecule has 0 atom stereocenters. The summed E-state index contributed by atoms with van der Waals surface area (Å²) in [6, 6.07) is 6.26. The molecule has 0 saturated carbocycles. The molecule has 108 valence electrons. The number of rotatable bonds is 7. The van der Waals surface area contributed by atoms with Gasteiger partial charge in [0.25, 0.3) is 0 Å². The maximum Gasteiger partial charge on any atom is 0.207 e. The van der Waals surface area contributed by atoms with Crippen LogP contribution in [0.25, 0.3) is 0 Å². The van der Waals surface area contributed by atoms with Crippen LogP contribution in [0.15, 0.2) is 35.1 Å². The molecule has 2 aromatic rings. The van der Waals surface area contributed by atoms with Crippen LogP contribution in [0, 0.1) is 0 Å². The third-order valence-corrected chi connectivity index (χ3v) is 3.65. The van der Waals surface area contributed by atoms with Crippen molar-refractivity contribution in [3.63, 3.8) is 0 Å². The minimum atomic E-state index is 0.760. The maximum absolute atomic E-state index is 5.09. The van der Waals surface area contributed by atoms with Crippen LogP contribution < -0.4 is 5.32 Å². The summed E-state index contributed by atoms with van der Waals surface area (Å²) in [4.78, 5) is 4.39. The molecule has 20 heavy (non-hydrogen) atoms. The average molecular weight is 338 g/mol. The topological polar surface area (TPSA) is 39.1 Å². The third kappa shape index (κ3) is 3.84. The Bertz CT molecular complexity index is 554. The highest BCUT2D eigenvalue weighted by Gasteiger charge is 2.06. The van der Waals surface area contributed by atoms with Crippen molar-refractivity contribution in [3.8, 4) is 0 Å². The maximum atomic E-state index is 5.09. The molecule has 0 aliphatic carbocycles. The quantitative estimate of drug-likeness (QED) is 0.776. The summed E-state index contributed by atoms with van der Waals surface area (Å²) in [7, 11) is 1.72. The predicted molar refractivity (Wildman–Crippen MR) is 85.5 cm³/mol. The van der Waals surface area contributed by atoms with Gasteiger partial charge in [-0.2, -0.15) is 0 Å². The van der Waals surface area contributed by atoms with E-state index in [2.05, 4.69) is 49.9 Å². The number of methoxy groups -OCH3 is 1. The molecular formula is C15H20BrN3O. The zero-order chi connectivity index (χ0) is 14.4. The molecule has 0 bridgehead atoms. The highest BCUT2D eigenvalue weighted by atomic mass is 79.9. The second kappa shape index (κ2) is 7.45. The Morgan fingerprint density at radius 1 is 1.40 bits per heavy atom. The van der Waals surface area contributed by atoms with Crippen molar-refractivity contribution in [2.75, 3.05) is 19.0 Å². The SMILES string of the molecule is CCc1cc(Br)ccc1Nc1nccn1CCCOC. The van der Waals surface area contributed by atoms with Crippen molar-refractivity contribution in [1.82, 2.24) is 9.55 Å². The smallest absolute Gasteiger partial charge is 0.207 e. The second-order valence-electron chi connectivity index (χ2n) is 4.57. The number of anilines is 2. The summed E-state index contributed by atoms with van der Waals surface area (Å²) in [5.41, 5.74) is 2.38. The van der Waals surface area contributed by atoms with Gasteiger partial charge in [0.2, 0.25) is 5.95 Å². The van der Waals surface area contributed by atoms with Crippen LogP contribution in [0.2, 0.25) is 0 Å². The minimum Gasteiger partial charge on any atom is -0.385 e. The Hall–Kier alpha value is -1.33. The molecule has 1 aromatic carbocycles. The van der Waals surface area contributed by atoms with Gasteiger partial charge >= 0.3 is 0 Å². The van der Waals surface area contributed by atoms with Crippen molar-refractivity contribution >= 4 is 27.6 Å². The molecule has 2 rings (SSSR count). The fourth-order valence-corrected chi connectivity index (χ4v) is 2.50. The number of hydrogen-bond donors (Lipinski definition) is 1. The first-order valence-corrected chi connectivity index (χ1v) is 7.59. The molecular weight excluding hydrogens is 318 g/mol. The number of benzene rings is 1. The molecule has 5 heteroatoms. The lowest BCUT2D eigenvalue weighted by Crippen LogP contribution is -2.06. The van der Waals surface area contributed by atoms with Crippen LogP contribution in [0.1, 0.15) is 18.9 Å². The number of nitrogens with one attached hydrogen (secondary N) is 1. The first kappa shape index (κ1) is 15.1. The van der Waals surface area contributed by atoms with Crippen LogP contribution in [0.5, 0.6) is 0 Å². The lowest BCUT2D eigenvalue weighted by molar-refractivity contribution is 0.190. The van der Waals surface area contributed by atoms with Crippen LogP contribution in [0.4, 0.5) is 11.6 Å². The van der Waals surface area contributed by atoms with Crippen LogP contribution >= 0.6 is 15.9 Å². The van der Waals surface area contributed by atoms with E-state index < -0.39 is 0 Å². The Labute approximate surface area is 128 Å². The number of hydrogen-bond acceptors (Lipinski definition) is 3. The predicted octanol–water partition coefficient (Wildman–Crippen LogP) is 3.99. The van der Waals surface area contributed by atoms with E-state index in [1.165, 1.54) is 5.56 Å². The van der Waals surface area contributed by atoms with Gasteiger partial charge in [0.05, 0.1) is 0 Å². The van der Waals surface area contributed by atoms with E-state index in [0.717, 1.165) is 42.1 Å². The minimum absolute atomic E-state index is 0.760. The number of aromatic nitrogens is 2. The molecule has 1 N–H and O–H groups in total. The molecule has 0 amide bonds. The van der Waals surface area contributed by atoms with Gasteiger partial charge in [-0.15, -0.1) is 0 Å². The molecule has 0 aliphatic heterocycles. The number of halogens is 1. The number of aryl methyl sites for hydroxylation is 2. The van der Waals surface area contributed by atoms with Crippen molar-refractivity contribution in [2.24, 2.45) is 0 Å². The highest BCUT2D eigenvalue weighted by molar-refractivity contribution is 9.10. The molecule has 0 spiro atoms. The van der Waals surface area contributed by atoms with Crippen LogP contribution in [0.3, 0.4) is 0 Å². The standard InChI is InChI=1S/C15H20BrN3O/c1-3-12-11-13(16)5-6-14(12)18-15-17-7-9-19(15)8-4-10-20-2/h5-7,9,11H,3-4,8,10H2,1-2H3,(H,17,18). The Kier molecular flexibility index (Phi) is 5.61. The Morgan fingerprint density at radius 3 is 3.00 bits per heavy atom. The molecule has 4 nitrogen and oxygen atoms in total. The summed E-state index contributed by atoms with van der Waals surface area (Å²) in [5, 5.41) is 3.42. The molecule has 0 saturated heterocycles. The van der Waals surface area contributed by atoms with Gasteiger partial charge in [-0.1, -0.05) is 22.9 Å². The van der Waals surface area contributed by atoms with E-state index in [1.807, 2.05) is 18.5 Å². The second-order valence-corrected chi connectivity index (χ2v) is 5.49. The van der Waals surface area contributed by atoms with Crippen LogP contribution in [-0.4, -0.2) is 23.3 Å². The largest absolute Gasteiger partial charge is 0.385 e. The van der Waals surface area contributed by atoms with E-state index in [9.17, 15) is 0 Å². The normalized spacial score (nSPS) is 10.8. The molecule has 1 aromatic heterocycles. The molecule has 0 unspecified atom stereocenters. The third-order valence-electron chi connectivity index (χ3n) is 3.16. The molecule has 0 radical (unpaired) electrons. The van der Waals surface area contributed by atoms with E-state index in [1.54, 1.807) is 7.11 Å². The summed E-state index contributed by atoms with van der Waals surface area (Å²) in [6.45, 7) is 3.81. The van der Waals surface area contributed by atoms with Gasteiger partial charge in [0, 0.05) is 42.8 Å². The molecule has 1 heterocycles. The summed E-state index contributed by atoms with van der Waals surface area (Å²) >= 11 is 3.51. The van der Waals surface area contributed by atoms with Gasteiger partial charge in [-0.05, 0) is 36.6 Å². The number of ether oxygens (including phenoxy) is 1. The van der Waals surface area contributed by atoms with E-state index >= 15 is 0 Å². The summed E-state index contributed by atoms with van der Waals surface area (Å²) in [5.74, 6) is 0.873. The monoisotopic (exact) mass is 337 g/mol. The van der Waals surface area contributed by atoms with E-state index in [4.69, 9.17) is 4.74 Å². The first-order chi connectivity index (χ1) is 9.74. The highest BCUT2D eigenvalue weighted by Crippen LogP contribution is 2.24. The van der Waals surface area contributed by atoms with Gasteiger partial charge < -0.3 is 14.6 Å². The number of nitrogens with zero attached hydrogens (tertiary/aromatic N) is 2. The lowest BCUT2D eigenvalue weighted by atomic mass is 10.1. The van der Waals surface area contributed by atoms with Crippen molar-refractivity contribution in [3.05, 3.63) is 40.6 Å². The summed E-state index contributed by atoms with van der Waals surface area (Å²) < 4.78 is 8.30. The van der Waals surface area contributed by atoms with Crippen molar-refractivity contribution in [1.29, 1.82) is 0 Å². The number of imidazole rings is 1. The van der Waals surface area contributed by atoms with Crippen LogP contribution in [-0.2, 0) is 17.7 Å². The van der Waals surface area contributed by atoms with Gasteiger partial charge in [0.15, 0.2) is 0 Å². The van der Waals surface area contributed by atoms with Gasteiger partial charge in [0.1, 0.15) is 0 Å². The first-order valence-electron chi connectivity index (χ1n) is 6.80. The van der Waals surface area contributed by atoms with Gasteiger partial charge in [-0.25, -0.2) is 4.98 Å². The van der Waals surface area contributed by atoms with E-state index in [0.29, 0.717) is 0 Å². The molecule has 0 fully saturated rings. The van der Waals surface area contributed by atoms with Crippen molar-refractivity contribution < 1.29 is 4.74 Å². The van der Waals surface area contributed by atoms with Gasteiger partial charge in [-0.3, -0.25) is 0 Å². The fourth-order valence-electron chi connectivity index (χ4n) is 2.09. The zero-order valence-corrected chi connectivity index (χ0v) is 13.5. The Balaban J connectivity index is 2.12. The lowest BCUT2D eigenvalue weighted by Gasteiger charge is -2.13. The zero-order valence-electron chi connectivity index (χ0n) is 11.9. The summed E-state index contributed by atoms with van der Waals surface area (Å²) in [6.07, 6.45) is 5.76. The average Bonchev–Trinajstić information content (AvgIpc) is 2.88. The van der Waals surface area contributed by atoms with Crippen molar-refractivity contribution in [2.45, 2.75) is 26.3 Å².